The molecule has 2 aromatic heterocycles. The molecule has 0 saturated carbocycles. The normalized spacial score (nSPS) is 11.8. The van der Waals surface area contributed by atoms with Crippen molar-refractivity contribution in [2.45, 2.75) is 38.4 Å². The monoisotopic (exact) mass is 295 g/mol. The first kappa shape index (κ1) is 14.6. The van der Waals surface area contributed by atoms with Gasteiger partial charge in [-0.15, -0.1) is 10.2 Å². The summed E-state index contributed by atoms with van der Waals surface area (Å²) in [4.78, 5) is 10.7. The van der Waals surface area contributed by atoms with Crippen molar-refractivity contribution in [1.82, 2.24) is 14.8 Å². The van der Waals surface area contributed by atoms with Crippen LogP contribution in [0.15, 0.2) is 21.9 Å². The number of carboxylic acids is 1. The molecule has 108 valence electrons. The third-order valence-corrected chi connectivity index (χ3v) is 3.64. The van der Waals surface area contributed by atoms with Crippen LogP contribution in [0.4, 0.5) is 0 Å². The predicted octanol–water partition coefficient (Wildman–Crippen LogP) is 2.78. The van der Waals surface area contributed by atoms with Gasteiger partial charge in [-0.1, -0.05) is 11.8 Å². The van der Waals surface area contributed by atoms with Gasteiger partial charge < -0.3 is 9.52 Å². The van der Waals surface area contributed by atoms with Gasteiger partial charge in [-0.2, -0.15) is 0 Å². The van der Waals surface area contributed by atoms with Gasteiger partial charge in [-0.3, -0.25) is 9.36 Å². The molecule has 0 aromatic carbocycles. The van der Waals surface area contributed by atoms with E-state index in [9.17, 15) is 4.79 Å². The van der Waals surface area contributed by atoms with Gasteiger partial charge in [0.25, 0.3) is 0 Å². The van der Waals surface area contributed by atoms with Crippen LogP contribution >= 0.6 is 11.8 Å². The van der Waals surface area contributed by atoms with E-state index < -0.39 is 5.97 Å². The first-order chi connectivity index (χ1) is 9.30. The number of carboxylic acid groups (broad SMARTS) is 1. The first-order valence-corrected chi connectivity index (χ1v) is 7.14. The molecule has 0 saturated heterocycles. The molecule has 0 amide bonds. The van der Waals surface area contributed by atoms with Crippen molar-refractivity contribution in [3.63, 3.8) is 0 Å². The number of furan rings is 1. The zero-order valence-electron chi connectivity index (χ0n) is 11.9. The fourth-order valence-corrected chi connectivity index (χ4v) is 2.73. The Labute approximate surface area is 121 Å². The first-order valence-electron chi connectivity index (χ1n) is 6.15. The summed E-state index contributed by atoms with van der Waals surface area (Å²) in [5.41, 5.74) is 0.609. The minimum atomic E-state index is -0.875. The molecule has 0 aliphatic rings. The Morgan fingerprint density at radius 2 is 2.15 bits per heavy atom. The van der Waals surface area contributed by atoms with Gasteiger partial charge in [-0.25, -0.2) is 0 Å². The maximum Gasteiger partial charge on any atom is 0.313 e. The third kappa shape index (κ3) is 2.87. The fraction of sp³-hybridized carbons (Fsp3) is 0.462. The van der Waals surface area contributed by atoms with Crippen molar-refractivity contribution in [3.8, 4) is 11.4 Å². The van der Waals surface area contributed by atoms with Crippen molar-refractivity contribution in [2.75, 3.05) is 5.75 Å². The molecule has 6 nitrogen and oxygen atoms in total. The van der Waals surface area contributed by atoms with Gasteiger partial charge in [0.15, 0.2) is 11.0 Å². The number of aliphatic carboxylic acids is 1. The minimum absolute atomic E-state index is 0.0431. The topological polar surface area (TPSA) is 81.2 Å². The van der Waals surface area contributed by atoms with E-state index in [1.54, 1.807) is 6.26 Å². The molecular weight excluding hydrogens is 278 g/mol. The SMILES string of the molecule is Cc1occc1-c1nnc(SCC(=O)O)n1C(C)(C)C. The van der Waals surface area contributed by atoms with Gasteiger partial charge in [0.2, 0.25) is 0 Å². The highest BCUT2D eigenvalue weighted by molar-refractivity contribution is 7.99. The molecule has 1 N–H and O–H groups in total. The van der Waals surface area contributed by atoms with Gasteiger partial charge in [-0.05, 0) is 33.8 Å². The average molecular weight is 295 g/mol. The molecule has 0 atom stereocenters. The number of carbonyl (C=O) groups is 1. The van der Waals surface area contributed by atoms with Crippen LogP contribution in [0, 0.1) is 6.92 Å². The van der Waals surface area contributed by atoms with Crippen molar-refractivity contribution in [1.29, 1.82) is 0 Å². The molecule has 0 bridgehead atoms. The summed E-state index contributed by atoms with van der Waals surface area (Å²) in [5.74, 6) is 0.535. The Balaban J connectivity index is 2.49. The molecule has 0 radical (unpaired) electrons. The third-order valence-electron chi connectivity index (χ3n) is 2.73. The lowest BCUT2D eigenvalue weighted by atomic mass is 10.1. The summed E-state index contributed by atoms with van der Waals surface area (Å²) in [7, 11) is 0. The second-order valence-electron chi connectivity index (χ2n) is 5.39. The number of hydrogen-bond donors (Lipinski definition) is 1. The van der Waals surface area contributed by atoms with Crippen molar-refractivity contribution in [3.05, 3.63) is 18.1 Å². The maximum absolute atomic E-state index is 10.7. The Hall–Kier alpha value is -1.76. The molecule has 2 heterocycles. The Morgan fingerprint density at radius 3 is 2.65 bits per heavy atom. The van der Waals surface area contributed by atoms with Crippen LogP contribution in [0.25, 0.3) is 11.4 Å². The Morgan fingerprint density at radius 1 is 1.45 bits per heavy atom. The van der Waals surface area contributed by atoms with Crippen molar-refractivity contribution in [2.24, 2.45) is 0 Å². The number of aryl methyl sites for hydroxylation is 1. The van der Waals surface area contributed by atoms with E-state index >= 15 is 0 Å². The summed E-state index contributed by atoms with van der Waals surface area (Å²) in [6, 6.07) is 1.84. The lowest BCUT2D eigenvalue weighted by Gasteiger charge is -2.24. The second-order valence-corrected chi connectivity index (χ2v) is 6.33. The Kier molecular flexibility index (Phi) is 3.89. The second kappa shape index (κ2) is 5.32. The predicted molar refractivity (Wildman–Crippen MR) is 75.8 cm³/mol. The van der Waals surface area contributed by atoms with Crippen LogP contribution in [-0.2, 0) is 10.3 Å². The molecule has 0 aliphatic heterocycles. The summed E-state index contributed by atoms with van der Waals surface area (Å²) in [6.07, 6.45) is 1.61. The van der Waals surface area contributed by atoms with E-state index in [4.69, 9.17) is 9.52 Å². The molecule has 0 unspecified atom stereocenters. The summed E-state index contributed by atoms with van der Waals surface area (Å²) in [5, 5.41) is 17.7. The van der Waals surface area contributed by atoms with E-state index in [1.165, 1.54) is 11.8 Å². The number of rotatable bonds is 4. The lowest BCUT2D eigenvalue weighted by Crippen LogP contribution is -2.24. The molecule has 0 spiro atoms. The van der Waals surface area contributed by atoms with Crippen LogP contribution in [0.5, 0.6) is 0 Å². The van der Waals surface area contributed by atoms with Gasteiger partial charge in [0, 0.05) is 5.54 Å². The summed E-state index contributed by atoms with van der Waals surface area (Å²) < 4.78 is 7.25. The van der Waals surface area contributed by atoms with Gasteiger partial charge in [0.1, 0.15) is 5.76 Å². The quantitative estimate of drug-likeness (QED) is 0.873. The molecule has 0 fully saturated rings. The zero-order valence-corrected chi connectivity index (χ0v) is 12.7. The van der Waals surface area contributed by atoms with Crippen LogP contribution in [0.3, 0.4) is 0 Å². The molecule has 7 heteroatoms. The summed E-state index contributed by atoms with van der Waals surface area (Å²) >= 11 is 1.17. The van der Waals surface area contributed by atoms with Crippen LogP contribution in [0.2, 0.25) is 0 Å². The fourth-order valence-electron chi connectivity index (χ4n) is 1.89. The maximum atomic E-state index is 10.7. The van der Waals surface area contributed by atoms with Crippen LogP contribution < -0.4 is 0 Å². The summed E-state index contributed by atoms with van der Waals surface area (Å²) in [6.45, 7) is 7.95. The standard InChI is InChI=1S/C13H17N3O3S/c1-8-9(5-6-19-8)11-14-15-12(20-7-10(17)18)16(11)13(2,3)4/h5-6H,7H2,1-4H3,(H,17,18). The van der Waals surface area contributed by atoms with Gasteiger partial charge >= 0.3 is 5.97 Å². The molecular formula is C13H17N3O3S. The smallest absolute Gasteiger partial charge is 0.313 e. The number of hydrogen-bond acceptors (Lipinski definition) is 5. The molecule has 20 heavy (non-hydrogen) atoms. The number of thioether (sulfide) groups is 1. The van der Waals surface area contributed by atoms with E-state index in [2.05, 4.69) is 10.2 Å². The van der Waals surface area contributed by atoms with Crippen LogP contribution in [-0.4, -0.2) is 31.6 Å². The number of aromatic nitrogens is 3. The lowest BCUT2D eigenvalue weighted by molar-refractivity contribution is -0.133. The van der Waals surface area contributed by atoms with Crippen LogP contribution in [0.1, 0.15) is 26.5 Å². The highest BCUT2D eigenvalue weighted by Gasteiger charge is 2.26. The average Bonchev–Trinajstić information content (AvgIpc) is 2.90. The minimum Gasteiger partial charge on any atom is -0.481 e. The van der Waals surface area contributed by atoms with E-state index in [1.807, 2.05) is 38.3 Å². The molecule has 2 rings (SSSR count). The zero-order chi connectivity index (χ0) is 14.9. The largest absolute Gasteiger partial charge is 0.481 e. The van der Waals surface area contributed by atoms with Crippen molar-refractivity contribution < 1.29 is 14.3 Å². The van der Waals surface area contributed by atoms with Crippen molar-refractivity contribution >= 4 is 17.7 Å². The van der Waals surface area contributed by atoms with E-state index in [-0.39, 0.29) is 11.3 Å². The highest BCUT2D eigenvalue weighted by atomic mass is 32.2. The molecule has 0 aliphatic carbocycles. The number of nitrogens with zero attached hydrogens (tertiary/aromatic N) is 3. The molecule has 2 aromatic rings. The van der Waals surface area contributed by atoms with Gasteiger partial charge in [0.05, 0.1) is 17.6 Å². The van der Waals surface area contributed by atoms with E-state index in [0.29, 0.717) is 11.0 Å². The van der Waals surface area contributed by atoms with E-state index in [0.717, 1.165) is 11.3 Å². The Bertz CT molecular complexity index is 625. The highest BCUT2D eigenvalue weighted by Crippen LogP contribution is 2.32.